The molecule has 0 spiro atoms. The Bertz CT molecular complexity index is 728. The molecular formula is C25H35NO2. The van der Waals surface area contributed by atoms with Gasteiger partial charge >= 0.3 is 0 Å². The summed E-state index contributed by atoms with van der Waals surface area (Å²) in [5.41, 5.74) is 8.96. The molecule has 2 N–H and O–H groups in total. The summed E-state index contributed by atoms with van der Waals surface area (Å²) in [6.07, 6.45) is 5.43. The third-order valence-corrected chi connectivity index (χ3v) is 6.10. The maximum atomic E-state index is 6.45. The summed E-state index contributed by atoms with van der Waals surface area (Å²) in [7, 11) is 1.77. The van der Waals surface area contributed by atoms with E-state index < -0.39 is 0 Å². The molecule has 2 aromatic rings. The zero-order valence-electron chi connectivity index (χ0n) is 17.6. The molecule has 3 heteroatoms. The van der Waals surface area contributed by atoms with Gasteiger partial charge in [-0.3, -0.25) is 0 Å². The second-order valence-electron chi connectivity index (χ2n) is 8.66. The molecule has 1 aliphatic rings. The zero-order valence-corrected chi connectivity index (χ0v) is 17.6. The number of methoxy groups -OCH3 is 1. The maximum absolute atomic E-state index is 6.45. The van der Waals surface area contributed by atoms with E-state index in [1.54, 1.807) is 7.11 Å². The van der Waals surface area contributed by atoms with Gasteiger partial charge in [-0.25, -0.2) is 0 Å². The predicted octanol–water partition coefficient (Wildman–Crippen LogP) is 5.85. The Hall–Kier alpha value is -1.84. The number of ether oxygens (including phenoxy) is 2. The third kappa shape index (κ3) is 5.36. The van der Waals surface area contributed by atoms with E-state index in [1.807, 2.05) is 6.07 Å². The molecule has 28 heavy (non-hydrogen) atoms. The molecule has 0 aliphatic carbocycles. The van der Waals surface area contributed by atoms with Gasteiger partial charge in [0.1, 0.15) is 5.75 Å². The molecule has 1 aliphatic heterocycles. The van der Waals surface area contributed by atoms with Crippen molar-refractivity contribution in [2.45, 2.75) is 63.5 Å². The standard InChI is InChI=1S/C25H35NO2/c1-25(2)18-20(16-17-28-25)21(22-12-7-8-15-24(22)27-3)13-9-14-23(26)19-10-5-4-6-11-19/h4-8,10-12,15,20-21,23H,9,13-14,16-18,26H2,1-3H3. The Kier molecular flexibility index (Phi) is 7.14. The molecule has 152 valence electrons. The Labute approximate surface area is 170 Å². The second kappa shape index (κ2) is 9.58. The smallest absolute Gasteiger partial charge is 0.122 e. The summed E-state index contributed by atoms with van der Waals surface area (Å²) in [6.45, 7) is 5.26. The highest BCUT2D eigenvalue weighted by Gasteiger charge is 2.35. The Balaban J connectivity index is 1.73. The molecule has 2 aromatic carbocycles. The lowest BCUT2D eigenvalue weighted by Gasteiger charge is -2.40. The Morgan fingerprint density at radius 1 is 1.07 bits per heavy atom. The molecule has 3 nitrogen and oxygen atoms in total. The van der Waals surface area contributed by atoms with E-state index in [9.17, 15) is 0 Å². The first-order valence-corrected chi connectivity index (χ1v) is 10.6. The molecule has 0 radical (unpaired) electrons. The van der Waals surface area contributed by atoms with E-state index in [0.717, 1.165) is 44.5 Å². The number of nitrogens with two attached hydrogens (primary N) is 1. The Morgan fingerprint density at radius 3 is 2.50 bits per heavy atom. The van der Waals surface area contributed by atoms with Gasteiger partial charge in [-0.1, -0.05) is 55.0 Å². The van der Waals surface area contributed by atoms with Crippen molar-refractivity contribution in [3.8, 4) is 5.75 Å². The van der Waals surface area contributed by atoms with Crippen LogP contribution in [0.3, 0.4) is 0 Å². The molecule has 0 bridgehead atoms. The lowest BCUT2D eigenvalue weighted by atomic mass is 9.74. The summed E-state index contributed by atoms with van der Waals surface area (Å²) in [5.74, 6) is 2.08. The lowest BCUT2D eigenvalue weighted by Crippen LogP contribution is -2.36. The van der Waals surface area contributed by atoms with Crippen molar-refractivity contribution >= 4 is 0 Å². The van der Waals surface area contributed by atoms with Gasteiger partial charge in [-0.05, 0) is 68.6 Å². The fourth-order valence-corrected chi connectivity index (χ4v) is 4.66. The molecule has 3 rings (SSSR count). The van der Waals surface area contributed by atoms with Crippen molar-refractivity contribution in [3.05, 3.63) is 65.7 Å². The van der Waals surface area contributed by atoms with E-state index in [-0.39, 0.29) is 11.6 Å². The molecule has 0 amide bonds. The fraction of sp³-hybridized carbons (Fsp3) is 0.520. The molecule has 1 saturated heterocycles. The van der Waals surface area contributed by atoms with E-state index in [0.29, 0.717) is 11.8 Å². The van der Waals surface area contributed by atoms with Gasteiger partial charge in [0.05, 0.1) is 12.7 Å². The number of rotatable bonds is 8. The van der Waals surface area contributed by atoms with Crippen molar-refractivity contribution < 1.29 is 9.47 Å². The first-order valence-electron chi connectivity index (χ1n) is 10.6. The minimum atomic E-state index is -0.0520. The summed E-state index contributed by atoms with van der Waals surface area (Å²) in [5, 5.41) is 0. The predicted molar refractivity (Wildman–Crippen MR) is 116 cm³/mol. The van der Waals surface area contributed by atoms with Crippen LogP contribution in [0, 0.1) is 5.92 Å². The molecule has 1 heterocycles. The van der Waals surface area contributed by atoms with Crippen LogP contribution < -0.4 is 10.5 Å². The monoisotopic (exact) mass is 381 g/mol. The van der Waals surface area contributed by atoms with Gasteiger partial charge in [0.2, 0.25) is 0 Å². The number of hydrogen-bond donors (Lipinski definition) is 1. The van der Waals surface area contributed by atoms with Crippen LogP contribution in [0.25, 0.3) is 0 Å². The van der Waals surface area contributed by atoms with Crippen LogP contribution in [0.4, 0.5) is 0 Å². The van der Waals surface area contributed by atoms with Crippen molar-refractivity contribution in [1.82, 2.24) is 0 Å². The maximum Gasteiger partial charge on any atom is 0.122 e. The van der Waals surface area contributed by atoms with Crippen LogP contribution in [-0.4, -0.2) is 19.3 Å². The van der Waals surface area contributed by atoms with Gasteiger partial charge in [-0.2, -0.15) is 0 Å². The SMILES string of the molecule is COc1ccccc1C(CCCC(N)c1ccccc1)C1CCOC(C)(C)C1. The third-order valence-electron chi connectivity index (χ3n) is 6.10. The second-order valence-corrected chi connectivity index (χ2v) is 8.66. The quantitative estimate of drug-likeness (QED) is 0.623. The fourth-order valence-electron chi connectivity index (χ4n) is 4.66. The molecule has 1 fully saturated rings. The summed E-state index contributed by atoms with van der Waals surface area (Å²) in [4.78, 5) is 0. The number of para-hydroxylation sites is 1. The van der Waals surface area contributed by atoms with E-state index in [1.165, 1.54) is 11.1 Å². The van der Waals surface area contributed by atoms with Crippen LogP contribution in [-0.2, 0) is 4.74 Å². The van der Waals surface area contributed by atoms with Crippen LogP contribution >= 0.6 is 0 Å². The average Bonchev–Trinajstić information content (AvgIpc) is 2.71. The van der Waals surface area contributed by atoms with Crippen LogP contribution in [0.5, 0.6) is 5.75 Å². The van der Waals surface area contributed by atoms with E-state index in [2.05, 4.69) is 62.4 Å². The Morgan fingerprint density at radius 2 is 1.79 bits per heavy atom. The van der Waals surface area contributed by atoms with E-state index >= 15 is 0 Å². The van der Waals surface area contributed by atoms with E-state index in [4.69, 9.17) is 15.2 Å². The largest absolute Gasteiger partial charge is 0.496 e. The summed E-state index contributed by atoms with van der Waals surface area (Å²) in [6, 6.07) is 19.0. The van der Waals surface area contributed by atoms with Crippen molar-refractivity contribution in [2.75, 3.05) is 13.7 Å². The minimum absolute atomic E-state index is 0.0520. The van der Waals surface area contributed by atoms with Gasteiger partial charge in [0.15, 0.2) is 0 Å². The van der Waals surface area contributed by atoms with Crippen LogP contribution in [0.15, 0.2) is 54.6 Å². The molecular weight excluding hydrogens is 346 g/mol. The highest BCUT2D eigenvalue weighted by Crippen LogP contribution is 2.43. The zero-order chi connectivity index (χ0) is 20.0. The first-order chi connectivity index (χ1) is 13.5. The van der Waals surface area contributed by atoms with Gasteiger partial charge < -0.3 is 15.2 Å². The molecule has 0 saturated carbocycles. The van der Waals surface area contributed by atoms with Crippen LogP contribution in [0.1, 0.15) is 69.0 Å². The highest BCUT2D eigenvalue weighted by molar-refractivity contribution is 5.36. The number of benzene rings is 2. The van der Waals surface area contributed by atoms with Crippen molar-refractivity contribution in [3.63, 3.8) is 0 Å². The van der Waals surface area contributed by atoms with Crippen molar-refractivity contribution in [1.29, 1.82) is 0 Å². The normalized spacial score (nSPS) is 21.1. The number of hydrogen-bond acceptors (Lipinski definition) is 3. The first kappa shape index (κ1) is 20.9. The molecule has 3 unspecified atom stereocenters. The van der Waals surface area contributed by atoms with Gasteiger partial charge in [0.25, 0.3) is 0 Å². The lowest BCUT2D eigenvalue weighted by molar-refractivity contribution is -0.0774. The van der Waals surface area contributed by atoms with Gasteiger partial charge in [0, 0.05) is 12.6 Å². The van der Waals surface area contributed by atoms with Gasteiger partial charge in [-0.15, -0.1) is 0 Å². The topological polar surface area (TPSA) is 44.5 Å². The summed E-state index contributed by atoms with van der Waals surface area (Å²) < 4.78 is 11.7. The average molecular weight is 382 g/mol. The van der Waals surface area contributed by atoms with Crippen LogP contribution in [0.2, 0.25) is 0 Å². The summed E-state index contributed by atoms with van der Waals surface area (Å²) >= 11 is 0. The van der Waals surface area contributed by atoms with Crippen molar-refractivity contribution in [2.24, 2.45) is 11.7 Å². The minimum Gasteiger partial charge on any atom is -0.496 e. The molecule has 3 atom stereocenters. The molecule has 0 aromatic heterocycles. The highest BCUT2D eigenvalue weighted by atomic mass is 16.5.